The number of hydrogen-bond acceptors (Lipinski definition) is 6. The minimum atomic E-state index is -0.469. The lowest BCUT2D eigenvalue weighted by Crippen LogP contribution is -2.30. The summed E-state index contributed by atoms with van der Waals surface area (Å²) >= 11 is 1.11. The Morgan fingerprint density at radius 3 is 2.15 bits per heavy atom. The van der Waals surface area contributed by atoms with Crippen LogP contribution in [0.3, 0.4) is 0 Å². The molecular formula is C19H17NO5S. The number of esters is 1. The molecule has 2 amide bonds. The van der Waals surface area contributed by atoms with Gasteiger partial charge in [-0.15, -0.1) is 11.3 Å². The number of thiophene rings is 1. The highest BCUT2D eigenvalue weighted by atomic mass is 32.1. The first-order valence-corrected chi connectivity index (χ1v) is 9.04. The van der Waals surface area contributed by atoms with Gasteiger partial charge in [0.1, 0.15) is 4.88 Å². The number of rotatable bonds is 7. The number of hydrogen-bond donors (Lipinski definition) is 0. The molecule has 0 spiro atoms. The van der Waals surface area contributed by atoms with E-state index < -0.39 is 5.97 Å². The van der Waals surface area contributed by atoms with Gasteiger partial charge in [-0.2, -0.15) is 0 Å². The van der Waals surface area contributed by atoms with Crippen molar-refractivity contribution in [2.75, 3.05) is 13.2 Å². The van der Waals surface area contributed by atoms with Crippen molar-refractivity contribution >= 4 is 34.9 Å². The second kappa shape index (κ2) is 7.61. The van der Waals surface area contributed by atoms with E-state index >= 15 is 0 Å². The van der Waals surface area contributed by atoms with E-state index in [1.807, 2.05) is 0 Å². The SMILES string of the molecule is CC(=O)c1ccc(C(=O)OCCCCN2C(=O)c3ccccc3C2=O)s1. The fourth-order valence-corrected chi connectivity index (χ4v) is 3.48. The summed E-state index contributed by atoms with van der Waals surface area (Å²) in [5.41, 5.74) is 0.866. The van der Waals surface area contributed by atoms with E-state index in [4.69, 9.17) is 4.74 Å². The Labute approximate surface area is 154 Å². The molecule has 0 fully saturated rings. The lowest BCUT2D eigenvalue weighted by Gasteiger charge is -2.13. The zero-order valence-electron chi connectivity index (χ0n) is 14.2. The Bertz CT molecular complexity index is 851. The molecule has 1 aromatic heterocycles. The van der Waals surface area contributed by atoms with Crippen molar-refractivity contribution in [3.05, 3.63) is 57.3 Å². The second-order valence-electron chi connectivity index (χ2n) is 5.87. The van der Waals surface area contributed by atoms with Crippen LogP contribution in [0.15, 0.2) is 36.4 Å². The van der Waals surface area contributed by atoms with E-state index in [2.05, 4.69) is 0 Å². The van der Waals surface area contributed by atoms with Crippen molar-refractivity contribution in [2.45, 2.75) is 19.8 Å². The Balaban J connectivity index is 1.43. The molecule has 0 bridgehead atoms. The lowest BCUT2D eigenvalue weighted by atomic mass is 10.1. The van der Waals surface area contributed by atoms with Crippen molar-refractivity contribution in [2.24, 2.45) is 0 Å². The standard InChI is InChI=1S/C19H17NO5S/c1-12(21)15-8-9-16(26-15)19(24)25-11-5-4-10-20-17(22)13-6-2-3-7-14(13)18(20)23/h2-3,6-9H,4-5,10-11H2,1H3. The topological polar surface area (TPSA) is 80.8 Å². The van der Waals surface area contributed by atoms with Gasteiger partial charge in [0.25, 0.3) is 11.8 Å². The number of unbranched alkanes of at least 4 members (excludes halogenated alkanes) is 1. The van der Waals surface area contributed by atoms with Crippen molar-refractivity contribution < 1.29 is 23.9 Å². The van der Waals surface area contributed by atoms with Crippen LogP contribution in [0.2, 0.25) is 0 Å². The third-order valence-corrected chi connectivity index (χ3v) is 5.21. The first-order valence-electron chi connectivity index (χ1n) is 8.22. The molecule has 1 aliphatic heterocycles. The molecule has 0 saturated heterocycles. The van der Waals surface area contributed by atoms with Gasteiger partial charge in [0.05, 0.1) is 22.6 Å². The Kier molecular flexibility index (Phi) is 5.27. The fourth-order valence-electron chi connectivity index (χ4n) is 2.69. The molecule has 0 radical (unpaired) electrons. The lowest BCUT2D eigenvalue weighted by molar-refractivity contribution is 0.0491. The smallest absolute Gasteiger partial charge is 0.348 e. The van der Waals surface area contributed by atoms with Crippen LogP contribution < -0.4 is 0 Å². The molecular weight excluding hydrogens is 354 g/mol. The molecule has 1 aliphatic rings. The predicted molar refractivity (Wildman–Crippen MR) is 95.6 cm³/mol. The fraction of sp³-hybridized carbons (Fsp3) is 0.263. The molecule has 2 heterocycles. The summed E-state index contributed by atoms with van der Waals surface area (Å²) in [6.45, 7) is 1.92. The van der Waals surface area contributed by atoms with E-state index in [0.29, 0.717) is 33.7 Å². The number of Topliss-reactive ketones (excluding diaryl/α,β-unsaturated/α-hetero) is 1. The molecule has 0 unspecified atom stereocenters. The molecule has 1 aromatic carbocycles. The summed E-state index contributed by atoms with van der Waals surface area (Å²) in [4.78, 5) is 49.7. The molecule has 6 nitrogen and oxygen atoms in total. The average molecular weight is 371 g/mol. The number of imide groups is 1. The molecule has 0 atom stereocenters. The quantitative estimate of drug-likeness (QED) is 0.323. The van der Waals surface area contributed by atoms with Gasteiger partial charge in [-0.25, -0.2) is 4.79 Å². The minimum absolute atomic E-state index is 0.0880. The number of amides is 2. The van der Waals surface area contributed by atoms with Gasteiger partial charge < -0.3 is 4.74 Å². The van der Waals surface area contributed by atoms with Crippen molar-refractivity contribution in [1.29, 1.82) is 0 Å². The van der Waals surface area contributed by atoms with Gasteiger partial charge in [-0.1, -0.05) is 12.1 Å². The van der Waals surface area contributed by atoms with Gasteiger partial charge in [-0.3, -0.25) is 19.3 Å². The number of benzene rings is 1. The van der Waals surface area contributed by atoms with Gasteiger partial charge in [-0.05, 0) is 44.0 Å². The highest BCUT2D eigenvalue weighted by Gasteiger charge is 2.34. The molecule has 2 aromatic rings. The Hall–Kier alpha value is -2.80. The summed E-state index contributed by atoms with van der Waals surface area (Å²) in [5, 5.41) is 0. The van der Waals surface area contributed by atoms with Crippen molar-refractivity contribution in [3.8, 4) is 0 Å². The minimum Gasteiger partial charge on any atom is -0.462 e. The zero-order valence-corrected chi connectivity index (χ0v) is 15.0. The van der Waals surface area contributed by atoms with E-state index in [1.165, 1.54) is 11.8 Å². The molecule has 0 N–H and O–H groups in total. The largest absolute Gasteiger partial charge is 0.462 e. The van der Waals surface area contributed by atoms with Gasteiger partial charge in [0.15, 0.2) is 5.78 Å². The van der Waals surface area contributed by atoms with Crippen LogP contribution in [0.4, 0.5) is 0 Å². The van der Waals surface area contributed by atoms with Gasteiger partial charge >= 0.3 is 5.97 Å². The van der Waals surface area contributed by atoms with Crippen molar-refractivity contribution in [1.82, 2.24) is 4.90 Å². The number of ether oxygens (including phenoxy) is 1. The second-order valence-corrected chi connectivity index (χ2v) is 6.95. The zero-order chi connectivity index (χ0) is 18.7. The van der Waals surface area contributed by atoms with Crippen LogP contribution >= 0.6 is 11.3 Å². The highest BCUT2D eigenvalue weighted by molar-refractivity contribution is 7.15. The van der Waals surface area contributed by atoms with Crippen LogP contribution in [-0.2, 0) is 4.74 Å². The summed E-state index contributed by atoms with van der Waals surface area (Å²) in [5.74, 6) is -1.12. The number of fused-ring (bicyclic) bond motifs is 1. The Morgan fingerprint density at radius 1 is 0.962 bits per heavy atom. The van der Waals surface area contributed by atoms with E-state index in [1.54, 1.807) is 36.4 Å². The van der Waals surface area contributed by atoms with E-state index in [0.717, 1.165) is 11.3 Å². The maximum Gasteiger partial charge on any atom is 0.348 e. The first-order chi connectivity index (χ1) is 12.5. The number of carbonyl (C=O) groups excluding carboxylic acids is 4. The first kappa shape index (κ1) is 18.0. The average Bonchev–Trinajstić information content (AvgIpc) is 3.21. The van der Waals surface area contributed by atoms with Crippen LogP contribution in [-0.4, -0.2) is 41.6 Å². The third-order valence-electron chi connectivity index (χ3n) is 4.04. The maximum atomic E-state index is 12.2. The molecule has 134 valence electrons. The maximum absolute atomic E-state index is 12.2. The molecule has 26 heavy (non-hydrogen) atoms. The number of ketones is 1. The van der Waals surface area contributed by atoms with Crippen molar-refractivity contribution in [3.63, 3.8) is 0 Å². The summed E-state index contributed by atoms with van der Waals surface area (Å²) in [6.07, 6.45) is 1.08. The molecule has 7 heteroatoms. The number of nitrogens with zero attached hydrogens (tertiary/aromatic N) is 1. The highest BCUT2D eigenvalue weighted by Crippen LogP contribution is 2.22. The van der Waals surface area contributed by atoms with Crippen LogP contribution in [0, 0.1) is 0 Å². The predicted octanol–water partition coefficient (Wildman–Crippen LogP) is 3.18. The third kappa shape index (κ3) is 3.57. The molecule has 3 rings (SSSR count). The number of carbonyl (C=O) groups is 4. The molecule has 0 aliphatic carbocycles. The van der Waals surface area contributed by atoms with Crippen LogP contribution in [0.1, 0.15) is 59.8 Å². The van der Waals surface area contributed by atoms with Gasteiger partial charge in [0, 0.05) is 6.54 Å². The molecule has 0 saturated carbocycles. The summed E-state index contributed by atoms with van der Waals surface area (Å²) < 4.78 is 5.17. The monoisotopic (exact) mass is 371 g/mol. The summed E-state index contributed by atoms with van der Waals surface area (Å²) in [7, 11) is 0. The summed E-state index contributed by atoms with van der Waals surface area (Å²) in [6, 6.07) is 9.93. The van der Waals surface area contributed by atoms with E-state index in [-0.39, 0.29) is 30.7 Å². The van der Waals surface area contributed by atoms with Gasteiger partial charge in [0.2, 0.25) is 0 Å². The normalized spacial score (nSPS) is 13.0. The van der Waals surface area contributed by atoms with Crippen LogP contribution in [0.5, 0.6) is 0 Å². The van der Waals surface area contributed by atoms with Crippen LogP contribution in [0.25, 0.3) is 0 Å². The Morgan fingerprint density at radius 2 is 1.58 bits per heavy atom. The van der Waals surface area contributed by atoms with E-state index in [9.17, 15) is 19.2 Å².